The lowest BCUT2D eigenvalue weighted by Crippen LogP contribution is -2.26. The van der Waals surface area contributed by atoms with Gasteiger partial charge in [-0.25, -0.2) is 4.98 Å². The van der Waals surface area contributed by atoms with Gasteiger partial charge in [0.15, 0.2) is 0 Å². The zero-order chi connectivity index (χ0) is 10.5. The van der Waals surface area contributed by atoms with Crippen LogP contribution in [0.3, 0.4) is 0 Å². The van der Waals surface area contributed by atoms with Crippen LogP contribution in [0.4, 0.5) is 5.82 Å². The van der Waals surface area contributed by atoms with Gasteiger partial charge in [0, 0.05) is 25.0 Å². The molecule has 2 rings (SSSR count). The third kappa shape index (κ3) is 2.63. The number of rotatable bonds is 1. The molecular formula is C11H13N3S. The Kier molecular flexibility index (Phi) is 3.46. The quantitative estimate of drug-likeness (QED) is 0.723. The summed E-state index contributed by atoms with van der Waals surface area (Å²) >= 11 is 1.99. The molecule has 15 heavy (non-hydrogen) atoms. The van der Waals surface area contributed by atoms with Gasteiger partial charge in [0.1, 0.15) is 5.82 Å². The second kappa shape index (κ2) is 5.04. The highest BCUT2D eigenvalue weighted by Crippen LogP contribution is 2.17. The molecule has 0 amide bonds. The van der Waals surface area contributed by atoms with Crippen molar-refractivity contribution in [1.29, 1.82) is 5.26 Å². The predicted molar refractivity (Wildman–Crippen MR) is 63.1 cm³/mol. The molecule has 78 valence electrons. The zero-order valence-corrected chi connectivity index (χ0v) is 9.33. The topological polar surface area (TPSA) is 39.9 Å². The SMILES string of the molecule is N#Cc1ccnc(N2CCCSCC2)c1. The van der Waals surface area contributed by atoms with Crippen LogP contribution >= 0.6 is 11.8 Å². The Balaban J connectivity index is 2.16. The fourth-order valence-corrected chi connectivity index (χ4v) is 2.52. The molecule has 0 radical (unpaired) electrons. The van der Waals surface area contributed by atoms with E-state index in [9.17, 15) is 0 Å². The minimum atomic E-state index is 0.692. The maximum Gasteiger partial charge on any atom is 0.129 e. The lowest BCUT2D eigenvalue weighted by atomic mass is 10.2. The van der Waals surface area contributed by atoms with E-state index in [2.05, 4.69) is 16.0 Å². The molecule has 0 bridgehead atoms. The minimum absolute atomic E-state index is 0.692. The van der Waals surface area contributed by atoms with Crippen molar-refractivity contribution in [2.75, 3.05) is 29.5 Å². The van der Waals surface area contributed by atoms with Gasteiger partial charge in [-0.05, 0) is 24.3 Å². The Morgan fingerprint density at radius 1 is 1.40 bits per heavy atom. The van der Waals surface area contributed by atoms with Gasteiger partial charge in [-0.3, -0.25) is 0 Å². The Hall–Kier alpha value is -1.21. The molecule has 4 heteroatoms. The monoisotopic (exact) mass is 219 g/mol. The molecule has 0 saturated carbocycles. The van der Waals surface area contributed by atoms with Gasteiger partial charge < -0.3 is 4.90 Å². The summed E-state index contributed by atoms with van der Waals surface area (Å²) in [5, 5.41) is 8.82. The summed E-state index contributed by atoms with van der Waals surface area (Å²) in [7, 11) is 0. The number of pyridine rings is 1. The molecule has 1 fully saturated rings. The van der Waals surface area contributed by atoms with Crippen LogP contribution in [0.5, 0.6) is 0 Å². The summed E-state index contributed by atoms with van der Waals surface area (Å²) in [4.78, 5) is 6.58. The first kappa shape index (κ1) is 10.3. The molecule has 1 saturated heterocycles. The summed E-state index contributed by atoms with van der Waals surface area (Å²) in [6.45, 7) is 2.08. The highest BCUT2D eigenvalue weighted by atomic mass is 32.2. The van der Waals surface area contributed by atoms with Crippen LogP contribution in [0.2, 0.25) is 0 Å². The van der Waals surface area contributed by atoms with Crippen LogP contribution < -0.4 is 4.90 Å². The van der Waals surface area contributed by atoms with E-state index in [-0.39, 0.29) is 0 Å². The lowest BCUT2D eigenvalue weighted by Gasteiger charge is -2.20. The maximum absolute atomic E-state index is 8.82. The fraction of sp³-hybridized carbons (Fsp3) is 0.455. The minimum Gasteiger partial charge on any atom is -0.356 e. The standard InChI is InChI=1S/C11H13N3S/c12-9-10-2-3-13-11(8-10)14-4-1-6-15-7-5-14/h2-3,8H,1,4-7H2. The van der Waals surface area contributed by atoms with E-state index in [1.165, 1.54) is 12.2 Å². The summed E-state index contributed by atoms with van der Waals surface area (Å²) in [6, 6.07) is 5.77. The van der Waals surface area contributed by atoms with Crippen molar-refractivity contribution in [3.8, 4) is 6.07 Å². The van der Waals surface area contributed by atoms with Crippen LogP contribution in [-0.4, -0.2) is 29.6 Å². The van der Waals surface area contributed by atoms with Gasteiger partial charge in [-0.15, -0.1) is 0 Å². The summed E-state index contributed by atoms with van der Waals surface area (Å²) in [6.07, 6.45) is 2.91. The molecule has 1 aliphatic rings. The number of aromatic nitrogens is 1. The normalized spacial score (nSPS) is 16.9. The first-order chi connectivity index (χ1) is 7.40. The van der Waals surface area contributed by atoms with Crippen LogP contribution in [0, 0.1) is 11.3 Å². The van der Waals surface area contributed by atoms with E-state index in [0.717, 1.165) is 24.7 Å². The molecular weight excluding hydrogens is 206 g/mol. The number of hydrogen-bond acceptors (Lipinski definition) is 4. The van der Waals surface area contributed by atoms with Gasteiger partial charge in [0.2, 0.25) is 0 Å². The molecule has 1 aromatic rings. The third-order valence-corrected chi connectivity index (χ3v) is 3.47. The molecule has 0 N–H and O–H groups in total. The molecule has 0 unspecified atom stereocenters. The van der Waals surface area contributed by atoms with Gasteiger partial charge >= 0.3 is 0 Å². The van der Waals surface area contributed by atoms with Crippen LogP contribution in [-0.2, 0) is 0 Å². The summed E-state index contributed by atoms with van der Waals surface area (Å²) in [5.41, 5.74) is 0.692. The first-order valence-electron chi connectivity index (χ1n) is 5.09. The predicted octanol–water partition coefficient (Wildman–Crippen LogP) is 1.90. The Morgan fingerprint density at radius 2 is 2.33 bits per heavy atom. The molecule has 0 aromatic carbocycles. The average molecular weight is 219 g/mol. The van der Waals surface area contributed by atoms with Crippen LogP contribution in [0.15, 0.2) is 18.3 Å². The first-order valence-corrected chi connectivity index (χ1v) is 6.24. The van der Waals surface area contributed by atoms with Gasteiger partial charge in [0.25, 0.3) is 0 Å². The van der Waals surface area contributed by atoms with Crippen molar-refractivity contribution in [2.24, 2.45) is 0 Å². The summed E-state index contributed by atoms with van der Waals surface area (Å²) in [5.74, 6) is 3.32. The molecule has 0 spiro atoms. The van der Waals surface area contributed by atoms with Crippen molar-refractivity contribution in [1.82, 2.24) is 4.98 Å². The molecule has 1 aliphatic heterocycles. The maximum atomic E-state index is 8.82. The highest BCUT2D eigenvalue weighted by Gasteiger charge is 2.11. The number of anilines is 1. The van der Waals surface area contributed by atoms with Crippen LogP contribution in [0.1, 0.15) is 12.0 Å². The van der Waals surface area contributed by atoms with Crippen molar-refractivity contribution in [3.63, 3.8) is 0 Å². The Bertz CT molecular complexity index is 364. The number of nitrogens with zero attached hydrogens (tertiary/aromatic N) is 3. The van der Waals surface area contributed by atoms with E-state index in [1.54, 1.807) is 12.3 Å². The fourth-order valence-electron chi connectivity index (χ4n) is 1.64. The van der Waals surface area contributed by atoms with Crippen LogP contribution in [0.25, 0.3) is 0 Å². The number of hydrogen-bond donors (Lipinski definition) is 0. The molecule has 0 aliphatic carbocycles. The molecule has 3 nitrogen and oxygen atoms in total. The summed E-state index contributed by atoms with van der Waals surface area (Å²) < 4.78 is 0. The number of thioether (sulfide) groups is 1. The average Bonchev–Trinajstić information content (AvgIpc) is 2.58. The Morgan fingerprint density at radius 3 is 3.20 bits per heavy atom. The van der Waals surface area contributed by atoms with Crippen molar-refractivity contribution in [2.45, 2.75) is 6.42 Å². The van der Waals surface area contributed by atoms with Crippen molar-refractivity contribution >= 4 is 17.6 Å². The van der Waals surface area contributed by atoms with Gasteiger partial charge in [-0.1, -0.05) is 0 Å². The number of nitriles is 1. The molecule has 0 atom stereocenters. The van der Waals surface area contributed by atoms with E-state index >= 15 is 0 Å². The van der Waals surface area contributed by atoms with Gasteiger partial charge in [0.05, 0.1) is 11.6 Å². The highest BCUT2D eigenvalue weighted by molar-refractivity contribution is 7.99. The second-order valence-electron chi connectivity index (χ2n) is 3.47. The second-order valence-corrected chi connectivity index (χ2v) is 4.69. The smallest absolute Gasteiger partial charge is 0.129 e. The molecule has 1 aromatic heterocycles. The van der Waals surface area contributed by atoms with Crippen molar-refractivity contribution in [3.05, 3.63) is 23.9 Å². The zero-order valence-electron chi connectivity index (χ0n) is 8.52. The van der Waals surface area contributed by atoms with Crippen molar-refractivity contribution < 1.29 is 0 Å². The lowest BCUT2D eigenvalue weighted by molar-refractivity contribution is 0.801. The Labute approximate surface area is 94.1 Å². The van der Waals surface area contributed by atoms with E-state index < -0.39 is 0 Å². The van der Waals surface area contributed by atoms with E-state index in [4.69, 9.17) is 5.26 Å². The third-order valence-electron chi connectivity index (χ3n) is 2.42. The van der Waals surface area contributed by atoms with Gasteiger partial charge in [-0.2, -0.15) is 17.0 Å². The van der Waals surface area contributed by atoms with E-state index in [0.29, 0.717) is 5.56 Å². The van der Waals surface area contributed by atoms with E-state index in [1.807, 2.05) is 17.8 Å². The molecule has 2 heterocycles. The largest absolute Gasteiger partial charge is 0.356 e.